The van der Waals surface area contributed by atoms with E-state index in [-0.39, 0.29) is 17.0 Å². The Labute approximate surface area is 78.4 Å². The van der Waals surface area contributed by atoms with E-state index in [4.69, 9.17) is 4.74 Å². The van der Waals surface area contributed by atoms with E-state index < -0.39 is 0 Å². The summed E-state index contributed by atoms with van der Waals surface area (Å²) in [6, 6.07) is 0. The lowest BCUT2D eigenvalue weighted by molar-refractivity contribution is 0.161. The first-order valence-electron chi connectivity index (χ1n) is 3.44. The molecule has 0 aromatic heterocycles. The maximum atomic E-state index is 4.94. The van der Waals surface area contributed by atoms with E-state index in [1.165, 1.54) is 0 Å². The van der Waals surface area contributed by atoms with Crippen LogP contribution in [0.2, 0.25) is 0 Å². The molecule has 1 rings (SSSR count). The van der Waals surface area contributed by atoms with Crippen molar-refractivity contribution >= 4 is 17.0 Å². The molecule has 1 heterocycles. The Morgan fingerprint density at radius 1 is 1.45 bits per heavy atom. The molecule has 0 aliphatic carbocycles. The van der Waals surface area contributed by atoms with Crippen molar-refractivity contribution in [3.05, 3.63) is 12.4 Å². The van der Waals surface area contributed by atoms with Crippen LogP contribution in [-0.4, -0.2) is 43.8 Å². The zero-order chi connectivity index (χ0) is 7.40. The largest absolute Gasteiger partial charge is 0.383 e. The Morgan fingerprint density at radius 2 is 2.18 bits per heavy atom. The van der Waals surface area contributed by atoms with Gasteiger partial charge < -0.3 is 14.5 Å². The molecular formula is C7H15BrN2O. The van der Waals surface area contributed by atoms with E-state index in [0.717, 1.165) is 19.8 Å². The third-order valence-electron chi connectivity index (χ3n) is 1.52. The highest BCUT2D eigenvalue weighted by atomic mass is 79.9. The molecule has 0 fully saturated rings. The molecule has 0 atom stereocenters. The Morgan fingerprint density at radius 3 is 2.64 bits per heavy atom. The normalized spacial score (nSPS) is 15.5. The second-order valence-corrected chi connectivity index (χ2v) is 2.50. The Balaban J connectivity index is 0.000001000. The maximum Gasteiger partial charge on any atom is 0.0891 e. The van der Waals surface area contributed by atoms with Crippen LogP contribution in [-0.2, 0) is 4.74 Å². The van der Waals surface area contributed by atoms with Gasteiger partial charge in [0.1, 0.15) is 0 Å². The smallest absolute Gasteiger partial charge is 0.0891 e. The quantitative estimate of drug-likeness (QED) is 0.706. The van der Waals surface area contributed by atoms with Crippen molar-refractivity contribution in [2.75, 3.05) is 34.0 Å². The summed E-state index contributed by atoms with van der Waals surface area (Å²) in [5, 5.41) is 0. The Bertz CT molecular complexity index is 130. The lowest BCUT2D eigenvalue weighted by atomic mass is 10.6. The maximum absolute atomic E-state index is 4.94. The monoisotopic (exact) mass is 222 g/mol. The van der Waals surface area contributed by atoms with Crippen LogP contribution in [0.15, 0.2) is 12.4 Å². The van der Waals surface area contributed by atoms with Gasteiger partial charge in [-0.2, -0.15) is 0 Å². The first-order valence-corrected chi connectivity index (χ1v) is 3.44. The highest BCUT2D eigenvalue weighted by molar-refractivity contribution is 8.93. The number of hydrogen-bond donors (Lipinski definition) is 0. The van der Waals surface area contributed by atoms with Gasteiger partial charge in [0.2, 0.25) is 0 Å². The summed E-state index contributed by atoms with van der Waals surface area (Å²) in [6.07, 6.45) is 4.15. The van der Waals surface area contributed by atoms with E-state index in [1.54, 1.807) is 7.11 Å². The van der Waals surface area contributed by atoms with Crippen LogP contribution in [0.5, 0.6) is 0 Å². The van der Waals surface area contributed by atoms with Crippen LogP contribution in [0.4, 0.5) is 0 Å². The van der Waals surface area contributed by atoms with Crippen molar-refractivity contribution in [3.8, 4) is 0 Å². The highest BCUT2D eigenvalue weighted by Gasteiger charge is 2.05. The fourth-order valence-electron chi connectivity index (χ4n) is 0.943. The molecule has 0 N–H and O–H groups in total. The van der Waals surface area contributed by atoms with Crippen LogP contribution in [0.3, 0.4) is 0 Å². The minimum Gasteiger partial charge on any atom is -0.383 e. The number of halogens is 1. The van der Waals surface area contributed by atoms with Gasteiger partial charge in [0, 0.05) is 33.1 Å². The second-order valence-electron chi connectivity index (χ2n) is 2.50. The second kappa shape index (κ2) is 5.43. The summed E-state index contributed by atoms with van der Waals surface area (Å²) in [6.45, 7) is 2.78. The zero-order valence-corrected chi connectivity index (χ0v) is 8.70. The molecule has 1 aliphatic rings. The van der Waals surface area contributed by atoms with Crippen molar-refractivity contribution in [3.63, 3.8) is 0 Å². The summed E-state index contributed by atoms with van der Waals surface area (Å²) < 4.78 is 4.94. The number of rotatable bonds is 3. The van der Waals surface area contributed by atoms with Gasteiger partial charge in [-0.3, -0.25) is 0 Å². The van der Waals surface area contributed by atoms with E-state index in [0.29, 0.717) is 0 Å². The number of nitrogens with zero attached hydrogens (tertiary/aromatic N) is 2. The minimum absolute atomic E-state index is 0. The molecule has 0 saturated heterocycles. The standard InChI is InChI=1S/C7H14N2O.BrH/c1-8-3-4-9(7-8)5-6-10-2;/h3-4H,5-7H2,1-2H3;1H. The summed E-state index contributed by atoms with van der Waals surface area (Å²) in [5.41, 5.74) is 0. The SMILES string of the molecule is Br.COCCN1C=CN(C)C1. The molecule has 0 saturated carbocycles. The predicted molar refractivity (Wildman–Crippen MR) is 50.7 cm³/mol. The van der Waals surface area contributed by atoms with Gasteiger partial charge in [-0.25, -0.2) is 0 Å². The van der Waals surface area contributed by atoms with Crippen molar-refractivity contribution in [2.24, 2.45) is 0 Å². The molecule has 0 aromatic rings. The topological polar surface area (TPSA) is 15.7 Å². The molecule has 0 spiro atoms. The van der Waals surface area contributed by atoms with E-state index in [2.05, 4.69) is 29.2 Å². The molecule has 4 heteroatoms. The third-order valence-corrected chi connectivity index (χ3v) is 1.52. The van der Waals surface area contributed by atoms with Gasteiger partial charge in [-0.05, 0) is 0 Å². The van der Waals surface area contributed by atoms with Crippen LogP contribution < -0.4 is 0 Å². The molecule has 0 bridgehead atoms. The van der Waals surface area contributed by atoms with Crippen molar-refractivity contribution < 1.29 is 4.74 Å². The van der Waals surface area contributed by atoms with Crippen LogP contribution in [0.1, 0.15) is 0 Å². The Hall–Kier alpha value is -0.220. The lowest BCUT2D eigenvalue weighted by Gasteiger charge is -2.16. The Kier molecular flexibility index (Phi) is 5.32. The molecule has 1 aliphatic heterocycles. The molecular weight excluding hydrogens is 208 g/mol. The van der Waals surface area contributed by atoms with E-state index in [9.17, 15) is 0 Å². The number of ether oxygens (including phenoxy) is 1. The fourth-order valence-corrected chi connectivity index (χ4v) is 0.943. The summed E-state index contributed by atoms with van der Waals surface area (Å²) in [4.78, 5) is 4.35. The summed E-state index contributed by atoms with van der Waals surface area (Å²) >= 11 is 0. The van der Waals surface area contributed by atoms with Gasteiger partial charge in [0.25, 0.3) is 0 Å². The molecule has 0 aromatic carbocycles. The average Bonchev–Trinajstić information content (AvgIpc) is 2.31. The molecule has 66 valence electrons. The van der Waals surface area contributed by atoms with Crippen molar-refractivity contribution in [2.45, 2.75) is 0 Å². The fraction of sp³-hybridized carbons (Fsp3) is 0.714. The van der Waals surface area contributed by atoms with Gasteiger partial charge >= 0.3 is 0 Å². The lowest BCUT2D eigenvalue weighted by Crippen LogP contribution is -2.25. The highest BCUT2D eigenvalue weighted by Crippen LogP contribution is 2.01. The average molecular weight is 223 g/mol. The summed E-state index contributed by atoms with van der Waals surface area (Å²) in [5.74, 6) is 0. The minimum atomic E-state index is 0. The zero-order valence-electron chi connectivity index (χ0n) is 6.99. The molecule has 0 unspecified atom stereocenters. The van der Waals surface area contributed by atoms with Crippen LogP contribution in [0.25, 0.3) is 0 Å². The molecule has 11 heavy (non-hydrogen) atoms. The molecule has 0 radical (unpaired) electrons. The van der Waals surface area contributed by atoms with Crippen LogP contribution in [0, 0.1) is 0 Å². The van der Waals surface area contributed by atoms with E-state index in [1.807, 2.05) is 0 Å². The van der Waals surface area contributed by atoms with Gasteiger partial charge in [0.05, 0.1) is 13.3 Å². The van der Waals surface area contributed by atoms with Gasteiger partial charge in [0.15, 0.2) is 0 Å². The van der Waals surface area contributed by atoms with E-state index >= 15 is 0 Å². The third kappa shape index (κ3) is 3.62. The first-order chi connectivity index (χ1) is 4.83. The number of hydrogen-bond acceptors (Lipinski definition) is 3. The molecule has 0 amide bonds. The molecule has 3 nitrogen and oxygen atoms in total. The number of methoxy groups -OCH3 is 1. The summed E-state index contributed by atoms with van der Waals surface area (Å²) in [7, 11) is 3.78. The van der Waals surface area contributed by atoms with Crippen molar-refractivity contribution in [1.29, 1.82) is 0 Å². The predicted octanol–water partition coefficient (Wildman–Crippen LogP) is 0.887. The van der Waals surface area contributed by atoms with Gasteiger partial charge in [-0.15, -0.1) is 17.0 Å². The van der Waals surface area contributed by atoms with Crippen molar-refractivity contribution in [1.82, 2.24) is 9.80 Å². The first kappa shape index (κ1) is 10.8. The van der Waals surface area contributed by atoms with Crippen LogP contribution >= 0.6 is 17.0 Å². The van der Waals surface area contributed by atoms with Gasteiger partial charge in [-0.1, -0.05) is 0 Å².